The summed E-state index contributed by atoms with van der Waals surface area (Å²) in [5.41, 5.74) is 7.46. The van der Waals surface area contributed by atoms with Crippen LogP contribution in [0.5, 0.6) is 0 Å². The molecule has 4 nitrogen and oxygen atoms in total. The minimum atomic E-state index is 0.431. The number of aromatic nitrogens is 1. The fraction of sp³-hybridized carbons (Fsp3) is 0.182. The molecule has 1 aromatic heterocycles. The van der Waals surface area contributed by atoms with Crippen molar-refractivity contribution >= 4 is 23.1 Å². The molecule has 0 radical (unpaired) electrons. The van der Waals surface area contributed by atoms with Gasteiger partial charge in [0.1, 0.15) is 0 Å². The summed E-state index contributed by atoms with van der Waals surface area (Å²) in [6.07, 6.45) is 1.91. The quantitative estimate of drug-likeness (QED) is 0.582. The lowest BCUT2D eigenvalue weighted by Crippen LogP contribution is -1.81. The molecule has 0 amide bonds. The van der Waals surface area contributed by atoms with Crippen LogP contribution < -0.4 is 5.73 Å². The summed E-state index contributed by atoms with van der Waals surface area (Å²) >= 11 is 0. The molecule has 0 saturated heterocycles. The first-order valence-corrected chi connectivity index (χ1v) is 4.65. The van der Waals surface area contributed by atoms with Gasteiger partial charge >= 0.3 is 0 Å². The Labute approximate surface area is 88.0 Å². The van der Waals surface area contributed by atoms with Crippen molar-refractivity contribution in [1.29, 1.82) is 0 Å². The van der Waals surface area contributed by atoms with E-state index in [4.69, 9.17) is 5.73 Å². The third kappa shape index (κ3) is 3.34. The van der Waals surface area contributed by atoms with Crippen LogP contribution in [0.4, 0.5) is 5.69 Å². The third-order valence-electron chi connectivity index (χ3n) is 1.81. The normalized spacial score (nSPS) is 9.13. The maximum Gasteiger partial charge on any atom is 0.293 e. The Balaban J connectivity index is 0.000000195. The predicted octanol–water partition coefficient (Wildman–Crippen LogP) is 1.93. The molecule has 0 saturated carbocycles. The highest BCUT2D eigenvalue weighted by atomic mass is 16.5. The maximum atomic E-state index is 9.18. The van der Waals surface area contributed by atoms with Gasteiger partial charge < -0.3 is 15.5 Å². The molecule has 3 N–H and O–H groups in total. The van der Waals surface area contributed by atoms with E-state index in [9.17, 15) is 4.79 Å². The number of nitrogens with two attached hydrogens (primary N) is 1. The Bertz CT molecular complexity index is 423. The van der Waals surface area contributed by atoms with Gasteiger partial charge in [-0.3, -0.25) is 4.79 Å². The lowest BCUT2D eigenvalue weighted by Gasteiger charge is -1.90. The number of benzene rings is 1. The van der Waals surface area contributed by atoms with Gasteiger partial charge in [0.05, 0.1) is 6.61 Å². The number of aromatic amines is 1. The predicted molar refractivity (Wildman–Crippen MR) is 60.4 cm³/mol. The Kier molecular flexibility index (Phi) is 4.22. The van der Waals surface area contributed by atoms with Crippen molar-refractivity contribution in [3.05, 3.63) is 30.5 Å². The number of H-pyrrole nitrogens is 1. The van der Waals surface area contributed by atoms with E-state index >= 15 is 0 Å². The molecule has 0 fully saturated rings. The molecule has 0 atom stereocenters. The lowest BCUT2D eigenvalue weighted by molar-refractivity contribution is -0.128. The molecule has 0 aliphatic heterocycles. The first-order chi connectivity index (χ1) is 7.27. The number of carbonyl (C=O) groups excluding carboxylic acids is 1. The van der Waals surface area contributed by atoms with Gasteiger partial charge in [0.25, 0.3) is 6.47 Å². The molecule has 80 valence electrons. The molecule has 0 unspecified atom stereocenters. The zero-order valence-corrected chi connectivity index (χ0v) is 8.57. The number of ether oxygens (including phenoxy) is 1. The molecule has 15 heavy (non-hydrogen) atoms. The van der Waals surface area contributed by atoms with Gasteiger partial charge in [-0.25, -0.2) is 0 Å². The fourth-order valence-electron chi connectivity index (χ4n) is 1.13. The van der Waals surface area contributed by atoms with Crippen molar-refractivity contribution in [2.24, 2.45) is 0 Å². The van der Waals surface area contributed by atoms with Crippen molar-refractivity contribution in [3.63, 3.8) is 0 Å². The van der Waals surface area contributed by atoms with Gasteiger partial charge in [-0.1, -0.05) is 6.07 Å². The zero-order chi connectivity index (χ0) is 11.1. The minimum absolute atomic E-state index is 0.431. The summed E-state index contributed by atoms with van der Waals surface area (Å²) in [4.78, 5) is 12.3. The van der Waals surface area contributed by atoms with Gasteiger partial charge in [0.15, 0.2) is 0 Å². The average molecular weight is 206 g/mol. The summed E-state index contributed by atoms with van der Waals surface area (Å²) in [6.45, 7) is 2.66. The van der Waals surface area contributed by atoms with Crippen LogP contribution in [0.1, 0.15) is 6.92 Å². The number of hydrogen-bond donors (Lipinski definition) is 2. The van der Waals surface area contributed by atoms with Gasteiger partial charge in [-0.05, 0) is 30.5 Å². The summed E-state index contributed by atoms with van der Waals surface area (Å²) in [6, 6.07) is 7.85. The number of nitrogens with one attached hydrogen (secondary N) is 1. The summed E-state index contributed by atoms with van der Waals surface area (Å²) in [5, 5.41) is 1.20. The Morgan fingerprint density at radius 2 is 2.27 bits per heavy atom. The summed E-state index contributed by atoms with van der Waals surface area (Å²) in [7, 11) is 0. The van der Waals surface area contributed by atoms with Gasteiger partial charge in [-0.2, -0.15) is 0 Å². The van der Waals surface area contributed by atoms with Crippen LogP contribution in [0.15, 0.2) is 30.5 Å². The Hall–Kier alpha value is -1.97. The summed E-state index contributed by atoms with van der Waals surface area (Å²) < 4.78 is 4.15. The average Bonchev–Trinajstić information content (AvgIpc) is 2.67. The van der Waals surface area contributed by atoms with Crippen LogP contribution in [0.2, 0.25) is 0 Å². The maximum absolute atomic E-state index is 9.18. The Morgan fingerprint density at radius 1 is 1.47 bits per heavy atom. The van der Waals surface area contributed by atoms with Crippen LogP contribution in [0.25, 0.3) is 10.9 Å². The lowest BCUT2D eigenvalue weighted by atomic mass is 10.2. The van der Waals surface area contributed by atoms with Crippen LogP contribution >= 0.6 is 0 Å². The number of carbonyl (C=O) groups is 1. The molecular weight excluding hydrogens is 192 g/mol. The van der Waals surface area contributed by atoms with Crippen LogP contribution in [0, 0.1) is 0 Å². The van der Waals surface area contributed by atoms with E-state index in [1.54, 1.807) is 6.92 Å². The summed E-state index contributed by atoms with van der Waals surface area (Å²) in [5.74, 6) is 0. The third-order valence-corrected chi connectivity index (χ3v) is 1.81. The molecule has 2 aromatic rings. The van der Waals surface area contributed by atoms with E-state index in [0.29, 0.717) is 13.1 Å². The molecule has 1 aromatic carbocycles. The van der Waals surface area contributed by atoms with Crippen molar-refractivity contribution in [2.45, 2.75) is 6.92 Å². The minimum Gasteiger partial charge on any atom is -0.468 e. The molecule has 4 heteroatoms. The smallest absolute Gasteiger partial charge is 0.293 e. The van der Waals surface area contributed by atoms with E-state index in [1.165, 1.54) is 5.39 Å². The highest BCUT2D eigenvalue weighted by Gasteiger charge is 1.91. The molecular formula is C11H14N2O2. The number of anilines is 1. The SMILES string of the molecule is CCOC=O.Nc1ccc2cc[nH]c2c1. The number of hydrogen-bond acceptors (Lipinski definition) is 3. The van der Waals surface area contributed by atoms with Crippen molar-refractivity contribution in [2.75, 3.05) is 12.3 Å². The van der Waals surface area contributed by atoms with Crippen molar-refractivity contribution < 1.29 is 9.53 Å². The topological polar surface area (TPSA) is 68.1 Å². The molecule has 0 bridgehead atoms. The highest BCUT2D eigenvalue weighted by Crippen LogP contribution is 2.14. The molecule has 0 spiro atoms. The van der Waals surface area contributed by atoms with E-state index in [-0.39, 0.29) is 0 Å². The standard InChI is InChI=1S/C8H8N2.C3H6O2/c9-7-2-1-6-3-4-10-8(6)5-7;1-2-5-3-4/h1-5,10H,9H2;3H,2H2,1H3. The van der Waals surface area contributed by atoms with Crippen molar-refractivity contribution in [1.82, 2.24) is 4.98 Å². The molecule has 1 heterocycles. The fourth-order valence-corrected chi connectivity index (χ4v) is 1.13. The second-order valence-corrected chi connectivity index (χ2v) is 2.88. The first kappa shape index (κ1) is 11.1. The van der Waals surface area contributed by atoms with E-state index in [1.807, 2.05) is 30.5 Å². The first-order valence-electron chi connectivity index (χ1n) is 4.65. The Morgan fingerprint density at radius 3 is 2.87 bits per heavy atom. The van der Waals surface area contributed by atoms with E-state index in [2.05, 4.69) is 9.72 Å². The van der Waals surface area contributed by atoms with Crippen LogP contribution in [-0.4, -0.2) is 18.1 Å². The zero-order valence-electron chi connectivity index (χ0n) is 8.57. The molecule has 0 aliphatic rings. The highest BCUT2D eigenvalue weighted by molar-refractivity contribution is 5.82. The number of nitrogen functional groups attached to an aromatic ring is 1. The van der Waals surface area contributed by atoms with Crippen molar-refractivity contribution in [3.8, 4) is 0 Å². The molecule has 2 rings (SSSR count). The van der Waals surface area contributed by atoms with E-state index in [0.717, 1.165) is 11.2 Å². The number of fused-ring (bicyclic) bond motifs is 1. The van der Waals surface area contributed by atoms with Crippen LogP contribution in [-0.2, 0) is 9.53 Å². The van der Waals surface area contributed by atoms with Gasteiger partial charge in [0.2, 0.25) is 0 Å². The van der Waals surface area contributed by atoms with Gasteiger partial charge in [-0.15, -0.1) is 0 Å². The van der Waals surface area contributed by atoms with Gasteiger partial charge in [0, 0.05) is 17.4 Å². The monoisotopic (exact) mass is 206 g/mol. The molecule has 0 aliphatic carbocycles. The largest absolute Gasteiger partial charge is 0.468 e. The second-order valence-electron chi connectivity index (χ2n) is 2.88. The van der Waals surface area contributed by atoms with E-state index < -0.39 is 0 Å². The van der Waals surface area contributed by atoms with Crippen LogP contribution in [0.3, 0.4) is 0 Å². The second kappa shape index (κ2) is 5.70. The number of rotatable bonds is 2.